The lowest BCUT2D eigenvalue weighted by Crippen LogP contribution is -2.07. The Labute approximate surface area is 146 Å². The maximum absolute atomic E-state index is 5.88. The average molecular weight is 338 g/mol. The summed E-state index contributed by atoms with van der Waals surface area (Å²) in [5.41, 5.74) is 13.1. The minimum absolute atomic E-state index is 0.549. The minimum atomic E-state index is 0.549. The van der Waals surface area contributed by atoms with Crippen LogP contribution in [0, 0.1) is 13.8 Å². The summed E-state index contributed by atoms with van der Waals surface area (Å²) in [6.45, 7) is 5.36. The second-order valence-corrected chi connectivity index (χ2v) is 6.49. The molecule has 3 aromatic rings. The van der Waals surface area contributed by atoms with Crippen LogP contribution < -0.4 is 5.73 Å². The van der Waals surface area contributed by atoms with Crippen molar-refractivity contribution in [3.63, 3.8) is 0 Å². The molecule has 1 aliphatic rings. The van der Waals surface area contributed by atoms with Crippen molar-refractivity contribution in [1.82, 2.24) is 24.5 Å². The molecular weight excluding hydrogens is 316 g/mol. The highest BCUT2D eigenvalue weighted by molar-refractivity contribution is 5.63. The highest BCUT2D eigenvalue weighted by atomic mass is 16.5. The lowest BCUT2D eigenvalue weighted by atomic mass is 10.1. The van der Waals surface area contributed by atoms with Gasteiger partial charge < -0.3 is 10.5 Å². The van der Waals surface area contributed by atoms with E-state index >= 15 is 0 Å². The van der Waals surface area contributed by atoms with Crippen molar-refractivity contribution in [2.75, 3.05) is 18.9 Å². The molecule has 0 aromatic carbocycles. The van der Waals surface area contributed by atoms with E-state index in [1.165, 1.54) is 11.3 Å². The Hall–Kier alpha value is -2.67. The third kappa shape index (κ3) is 2.70. The highest BCUT2D eigenvalue weighted by Crippen LogP contribution is 2.30. The fourth-order valence-corrected chi connectivity index (χ4v) is 3.39. The Kier molecular flexibility index (Phi) is 3.80. The van der Waals surface area contributed by atoms with E-state index in [-0.39, 0.29) is 0 Å². The van der Waals surface area contributed by atoms with E-state index in [4.69, 9.17) is 15.6 Å². The van der Waals surface area contributed by atoms with E-state index in [2.05, 4.69) is 16.1 Å². The van der Waals surface area contributed by atoms with E-state index in [0.717, 1.165) is 41.2 Å². The average Bonchev–Trinajstić information content (AvgIpc) is 2.99. The first kappa shape index (κ1) is 15.8. The second-order valence-electron chi connectivity index (χ2n) is 6.49. The summed E-state index contributed by atoms with van der Waals surface area (Å²) < 4.78 is 9.57. The number of aryl methyl sites for hydroxylation is 3. The number of fused-ring (bicyclic) bond motifs is 1. The maximum atomic E-state index is 5.88. The van der Waals surface area contributed by atoms with Crippen molar-refractivity contribution in [1.29, 1.82) is 0 Å². The summed E-state index contributed by atoms with van der Waals surface area (Å²) in [7, 11) is 1.95. The van der Waals surface area contributed by atoms with Gasteiger partial charge >= 0.3 is 0 Å². The molecule has 0 amide bonds. The molecule has 0 fully saturated rings. The quantitative estimate of drug-likeness (QED) is 0.772. The van der Waals surface area contributed by atoms with Crippen molar-refractivity contribution < 1.29 is 4.74 Å². The fraction of sp³-hybridized carbons (Fsp3) is 0.389. The van der Waals surface area contributed by atoms with Crippen molar-refractivity contribution in [2.45, 2.75) is 26.7 Å². The summed E-state index contributed by atoms with van der Waals surface area (Å²) in [5.74, 6) is 0.549. The van der Waals surface area contributed by atoms with Crippen LogP contribution in [0.25, 0.3) is 17.1 Å². The van der Waals surface area contributed by atoms with Crippen LogP contribution in [-0.4, -0.2) is 37.8 Å². The van der Waals surface area contributed by atoms with Crippen molar-refractivity contribution in [3.8, 4) is 17.1 Å². The standard InChI is InChI=1S/C18H22N6O/c1-11-8-13(10-20-18(11)19)24-15-5-7-25-6-4-14(15)17(22-24)16-9-12(2)21-23(16)3/h8-10H,4-7H2,1-3H3,(H2,19,20). The molecular formula is C18H22N6O. The zero-order chi connectivity index (χ0) is 17.6. The molecule has 130 valence electrons. The van der Waals surface area contributed by atoms with Crippen LogP contribution in [0.15, 0.2) is 18.3 Å². The summed E-state index contributed by atoms with van der Waals surface area (Å²) in [4.78, 5) is 4.30. The normalized spacial score (nSPS) is 14.4. The van der Waals surface area contributed by atoms with E-state index in [0.29, 0.717) is 19.0 Å². The molecule has 7 heteroatoms. The van der Waals surface area contributed by atoms with Crippen LogP contribution >= 0.6 is 0 Å². The summed E-state index contributed by atoms with van der Waals surface area (Å²) in [5, 5.41) is 9.41. The van der Waals surface area contributed by atoms with Gasteiger partial charge in [0.1, 0.15) is 11.5 Å². The van der Waals surface area contributed by atoms with Crippen molar-refractivity contribution in [2.24, 2.45) is 7.05 Å². The molecule has 25 heavy (non-hydrogen) atoms. The third-order valence-electron chi connectivity index (χ3n) is 4.66. The molecule has 4 rings (SSSR count). The van der Waals surface area contributed by atoms with Gasteiger partial charge in [0.2, 0.25) is 0 Å². The van der Waals surface area contributed by atoms with Gasteiger partial charge in [0.25, 0.3) is 0 Å². The van der Waals surface area contributed by atoms with Gasteiger partial charge in [0, 0.05) is 19.0 Å². The predicted molar refractivity (Wildman–Crippen MR) is 95.7 cm³/mol. The van der Waals surface area contributed by atoms with Gasteiger partial charge in [0.05, 0.1) is 42.2 Å². The Balaban J connectivity index is 1.93. The van der Waals surface area contributed by atoms with Gasteiger partial charge in [-0.25, -0.2) is 9.67 Å². The molecule has 7 nitrogen and oxygen atoms in total. The molecule has 3 aromatic heterocycles. The number of hydrogen-bond acceptors (Lipinski definition) is 5. The first-order valence-electron chi connectivity index (χ1n) is 8.46. The number of nitrogen functional groups attached to an aromatic ring is 1. The SMILES string of the molecule is Cc1cc(-c2nn(-c3cnc(N)c(C)c3)c3c2CCOCC3)n(C)n1. The van der Waals surface area contributed by atoms with Gasteiger partial charge in [-0.15, -0.1) is 0 Å². The monoisotopic (exact) mass is 338 g/mol. The smallest absolute Gasteiger partial charge is 0.126 e. The lowest BCUT2D eigenvalue weighted by molar-refractivity contribution is 0.145. The zero-order valence-electron chi connectivity index (χ0n) is 14.8. The fourth-order valence-electron chi connectivity index (χ4n) is 3.39. The van der Waals surface area contributed by atoms with E-state index in [9.17, 15) is 0 Å². The molecule has 0 spiro atoms. The van der Waals surface area contributed by atoms with Gasteiger partial charge in [0.15, 0.2) is 0 Å². The predicted octanol–water partition coefficient (Wildman–Crippen LogP) is 1.98. The maximum Gasteiger partial charge on any atom is 0.126 e. The summed E-state index contributed by atoms with van der Waals surface area (Å²) >= 11 is 0. The molecule has 0 atom stereocenters. The Morgan fingerprint density at radius 3 is 2.64 bits per heavy atom. The minimum Gasteiger partial charge on any atom is -0.383 e. The number of rotatable bonds is 2. The van der Waals surface area contributed by atoms with Crippen LogP contribution in [0.3, 0.4) is 0 Å². The van der Waals surface area contributed by atoms with E-state index in [1.54, 1.807) is 6.20 Å². The molecule has 0 aliphatic carbocycles. The molecule has 4 heterocycles. The first-order chi connectivity index (χ1) is 12.0. The Morgan fingerprint density at radius 1 is 1.12 bits per heavy atom. The van der Waals surface area contributed by atoms with E-state index in [1.807, 2.05) is 36.3 Å². The van der Waals surface area contributed by atoms with Crippen LogP contribution in [-0.2, 0) is 24.6 Å². The molecule has 0 saturated heterocycles. The molecule has 0 unspecified atom stereocenters. The molecule has 0 radical (unpaired) electrons. The molecule has 0 saturated carbocycles. The number of pyridine rings is 1. The van der Waals surface area contributed by atoms with Crippen LogP contribution in [0.1, 0.15) is 22.5 Å². The Bertz CT molecular complexity index is 939. The van der Waals surface area contributed by atoms with E-state index < -0.39 is 0 Å². The molecule has 2 N–H and O–H groups in total. The van der Waals surface area contributed by atoms with Crippen LogP contribution in [0.2, 0.25) is 0 Å². The number of anilines is 1. The number of nitrogens with zero attached hydrogens (tertiary/aromatic N) is 5. The zero-order valence-corrected chi connectivity index (χ0v) is 14.8. The number of ether oxygens (including phenoxy) is 1. The Morgan fingerprint density at radius 2 is 1.92 bits per heavy atom. The third-order valence-corrected chi connectivity index (χ3v) is 4.66. The highest BCUT2D eigenvalue weighted by Gasteiger charge is 2.24. The number of aromatic nitrogens is 5. The summed E-state index contributed by atoms with van der Waals surface area (Å²) in [6, 6.07) is 4.10. The largest absolute Gasteiger partial charge is 0.383 e. The van der Waals surface area contributed by atoms with Gasteiger partial charge in [-0.2, -0.15) is 10.2 Å². The number of hydrogen-bond donors (Lipinski definition) is 1. The number of nitrogens with two attached hydrogens (primary N) is 1. The topological polar surface area (TPSA) is 83.8 Å². The molecule has 0 bridgehead atoms. The molecule has 1 aliphatic heterocycles. The second kappa shape index (κ2) is 6.00. The van der Waals surface area contributed by atoms with Gasteiger partial charge in [-0.1, -0.05) is 0 Å². The lowest BCUT2D eigenvalue weighted by Gasteiger charge is -2.08. The van der Waals surface area contributed by atoms with Gasteiger partial charge in [-0.05, 0) is 38.0 Å². The van der Waals surface area contributed by atoms with Crippen LogP contribution in [0.4, 0.5) is 5.82 Å². The van der Waals surface area contributed by atoms with Crippen LogP contribution in [0.5, 0.6) is 0 Å². The summed E-state index contributed by atoms with van der Waals surface area (Å²) in [6.07, 6.45) is 3.44. The first-order valence-corrected chi connectivity index (χ1v) is 8.46. The van der Waals surface area contributed by atoms with Crippen molar-refractivity contribution >= 4 is 5.82 Å². The van der Waals surface area contributed by atoms with Crippen molar-refractivity contribution in [3.05, 3.63) is 40.8 Å². The van der Waals surface area contributed by atoms with Gasteiger partial charge in [-0.3, -0.25) is 4.68 Å².